The fourth-order valence-corrected chi connectivity index (χ4v) is 2.87. The van der Waals surface area contributed by atoms with E-state index in [1.807, 2.05) is 0 Å². The zero-order valence-corrected chi connectivity index (χ0v) is 9.60. The number of nitrogens with one attached hydrogen (secondary N) is 1. The molecule has 0 amide bonds. The van der Waals surface area contributed by atoms with Gasteiger partial charge in [0.15, 0.2) is 0 Å². The number of rotatable bonds is 2. The Morgan fingerprint density at radius 1 is 1.27 bits per heavy atom. The molecule has 1 rings (SSSR count). The van der Waals surface area contributed by atoms with E-state index in [4.69, 9.17) is 0 Å². The van der Waals surface area contributed by atoms with Crippen LogP contribution in [-0.4, -0.2) is 6.04 Å². The van der Waals surface area contributed by atoms with E-state index in [-0.39, 0.29) is 0 Å². The Bertz CT molecular complexity index is 114. The molecule has 0 unspecified atom stereocenters. The lowest BCUT2D eigenvalue weighted by molar-refractivity contribution is 0.233. The maximum absolute atomic E-state index is 3.41. The molecule has 2 heteroatoms. The first kappa shape index (κ1) is 9.78. The molecular weight excluding hydrogens is 249 g/mol. The maximum Gasteiger partial charge on any atom is 0.0194 e. The van der Waals surface area contributed by atoms with Gasteiger partial charge in [-0.3, -0.25) is 3.53 Å². The minimum absolute atomic E-state index is 0.782. The lowest BCUT2D eigenvalue weighted by atomic mass is 9.78. The molecule has 0 bridgehead atoms. The summed E-state index contributed by atoms with van der Waals surface area (Å²) in [6.45, 7) is 4.69. The topological polar surface area (TPSA) is 12.0 Å². The van der Waals surface area contributed by atoms with Gasteiger partial charge in [-0.1, -0.05) is 26.7 Å². The molecule has 1 aliphatic carbocycles. The van der Waals surface area contributed by atoms with Crippen LogP contribution >= 0.6 is 22.9 Å². The lowest BCUT2D eigenvalue weighted by Crippen LogP contribution is -2.35. The highest BCUT2D eigenvalue weighted by atomic mass is 127. The van der Waals surface area contributed by atoms with Crippen LogP contribution in [0.4, 0.5) is 0 Å². The van der Waals surface area contributed by atoms with E-state index < -0.39 is 0 Å². The van der Waals surface area contributed by atoms with Gasteiger partial charge >= 0.3 is 0 Å². The second-order valence-corrected chi connectivity index (χ2v) is 4.53. The van der Waals surface area contributed by atoms with E-state index in [1.165, 1.54) is 25.7 Å². The van der Waals surface area contributed by atoms with E-state index in [0.29, 0.717) is 0 Å². The van der Waals surface area contributed by atoms with E-state index >= 15 is 0 Å². The van der Waals surface area contributed by atoms with Gasteiger partial charge in [0, 0.05) is 28.9 Å². The van der Waals surface area contributed by atoms with E-state index in [1.54, 1.807) is 0 Å². The molecule has 0 aromatic heterocycles. The Labute approximate surface area is 83.8 Å². The van der Waals surface area contributed by atoms with Crippen molar-refractivity contribution in [3.05, 3.63) is 0 Å². The second-order valence-electron chi connectivity index (χ2n) is 3.91. The molecule has 1 aliphatic rings. The molecule has 0 aliphatic heterocycles. The molecule has 2 atom stereocenters. The van der Waals surface area contributed by atoms with Crippen molar-refractivity contribution in [3.63, 3.8) is 0 Å². The molecule has 0 aromatic carbocycles. The van der Waals surface area contributed by atoms with Crippen molar-refractivity contribution in [2.45, 2.75) is 45.6 Å². The minimum Gasteiger partial charge on any atom is -0.258 e. The van der Waals surface area contributed by atoms with E-state index in [0.717, 1.165) is 17.9 Å². The zero-order valence-electron chi connectivity index (χ0n) is 7.44. The van der Waals surface area contributed by atoms with Crippen LogP contribution in [0, 0.1) is 11.8 Å². The summed E-state index contributed by atoms with van der Waals surface area (Å²) in [5.74, 6) is 1.77. The molecular formula is C9H18IN. The van der Waals surface area contributed by atoms with E-state index in [9.17, 15) is 0 Å². The van der Waals surface area contributed by atoms with Crippen molar-refractivity contribution in [2.24, 2.45) is 11.8 Å². The monoisotopic (exact) mass is 267 g/mol. The van der Waals surface area contributed by atoms with Gasteiger partial charge in [0.2, 0.25) is 0 Å². The maximum atomic E-state index is 3.41. The van der Waals surface area contributed by atoms with Crippen LogP contribution in [0.3, 0.4) is 0 Å². The van der Waals surface area contributed by atoms with Crippen LogP contribution in [0.1, 0.15) is 39.5 Å². The molecule has 0 radical (unpaired) electrons. The van der Waals surface area contributed by atoms with Crippen LogP contribution in [0.15, 0.2) is 0 Å². The van der Waals surface area contributed by atoms with Crippen molar-refractivity contribution in [3.8, 4) is 0 Å². The zero-order chi connectivity index (χ0) is 8.27. The van der Waals surface area contributed by atoms with Crippen molar-refractivity contribution < 1.29 is 0 Å². The summed E-state index contributed by atoms with van der Waals surface area (Å²) in [6, 6.07) is 0.782. The number of hydrogen-bond donors (Lipinski definition) is 1. The van der Waals surface area contributed by atoms with Crippen molar-refractivity contribution in [1.29, 1.82) is 0 Å². The summed E-state index contributed by atoms with van der Waals surface area (Å²) >= 11 is 2.31. The van der Waals surface area contributed by atoms with Gasteiger partial charge in [-0.15, -0.1) is 0 Å². The van der Waals surface area contributed by atoms with Gasteiger partial charge in [-0.2, -0.15) is 0 Å². The molecule has 66 valence electrons. The third-order valence-corrected chi connectivity index (χ3v) is 3.62. The quantitative estimate of drug-likeness (QED) is 0.598. The number of hydrogen-bond acceptors (Lipinski definition) is 1. The van der Waals surface area contributed by atoms with Crippen molar-refractivity contribution in [2.75, 3.05) is 0 Å². The van der Waals surface area contributed by atoms with E-state index in [2.05, 4.69) is 40.2 Å². The van der Waals surface area contributed by atoms with Crippen LogP contribution in [0.5, 0.6) is 0 Å². The molecule has 1 N–H and O–H groups in total. The summed E-state index contributed by atoms with van der Waals surface area (Å²) in [7, 11) is 0. The molecule has 1 nitrogen and oxygen atoms in total. The van der Waals surface area contributed by atoms with Gasteiger partial charge in [-0.05, 0) is 24.7 Å². The average molecular weight is 267 g/mol. The standard InChI is InChI=1S/C9H18IN/c1-7(2)8-5-3-4-6-9(8)11-10/h7-9,11H,3-6H2,1-2H3/t8-,9-/m0/s1. The molecule has 0 heterocycles. The lowest BCUT2D eigenvalue weighted by Gasteiger charge is -2.33. The highest BCUT2D eigenvalue weighted by Crippen LogP contribution is 2.30. The summed E-state index contributed by atoms with van der Waals surface area (Å²) in [6.07, 6.45) is 5.67. The first-order valence-corrected chi connectivity index (χ1v) is 5.69. The molecule has 0 spiro atoms. The third kappa shape index (κ3) is 2.58. The molecule has 11 heavy (non-hydrogen) atoms. The Hall–Kier alpha value is 0.690. The van der Waals surface area contributed by atoms with Crippen molar-refractivity contribution >= 4 is 22.9 Å². The fraction of sp³-hybridized carbons (Fsp3) is 1.00. The Morgan fingerprint density at radius 3 is 2.36 bits per heavy atom. The molecule has 1 saturated carbocycles. The van der Waals surface area contributed by atoms with Gasteiger partial charge in [0.05, 0.1) is 0 Å². The molecule has 1 fully saturated rings. The summed E-state index contributed by atoms with van der Waals surface area (Å²) in [5, 5.41) is 0. The average Bonchev–Trinajstić information content (AvgIpc) is 2.04. The highest BCUT2D eigenvalue weighted by molar-refractivity contribution is 14.1. The van der Waals surface area contributed by atoms with Gasteiger partial charge in [0.1, 0.15) is 0 Å². The van der Waals surface area contributed by atoms with Crippen LogP contribution in [-0.2, 0) is 0 Å². The van der Waals surface area contributed by atoms with Gasteiger partial charge in [-0.25, -0.2) is 0 Å². The van der Waals surface area contributed by atoms with Crippen LogP contribution in [0.2, 0.25) is 0 Å². The Kier molecular flexibility index (Phi) is 4.13. The highest BCUT2D eigenvalue weighted by Gasteiger charge is 2.26. The normalized spacial score (nSPS) is 32.7. The van der Waals surface area contributed by atoms with Gasteiger partial charge < -0.3 is 0 Å². The Morgan fingerprint density at radius 2 is 1.91 bits per heavy atom. The van der Waals surface area contributed by atoms with Crippen molar-refractivity contribution in [1.82, 2.24) is 3.53 Å². The predicted molar refractivity (Wildman–Crippen MR) is 57.7 cm³/mol. The van der Waals surface area contributed by atoms with Crippen LogP contribution < -0.4 is 3.53 Å². The second kappa shape index (κ2) is 4.65. The first-order chi connectivity index (χ1) is 5.25. The summed E-state index contributed by atoms with van der Waals surface area (Å²) in [5.41, 5.74) is 0. The number of halogens is 1. The van der Waals surface area contributed by atoms with Gasteiger partial charge in [0.25, 0.3) is 0 Å². The predicted octanol–water partition coefficient (Wildman–Crippen LogP) is 3.14. The SMILES string of the molecule is CC(C)[C@@H]1CCCC[C@@H]1NI. The molecule has 0 saturated heterocycles. The smallest absolute Gasteiger partial charge is 0.0194 e. The van der Waals surface area contributed by atoms with Crippen LogP contribution in [0.25, 0.3) is 0 Å². The summed E-state index contributed by atoms with van der Waals surface area (Å²) in [4.78, 5) is 0. The molecule has 0 aromatic rings. The fourth-order valence-electron chi connectivity index (χ4n) is 2.09. The summed E-state index contributed by atoms with van der Waals surface area (Å²) < 4.78 is 3.41. The minimum atomic E-state index is 0.782. The largest absolute Gasteiger partial charge is 0.258 e. The Balaban J connectivity index is 2.44. The third-order valence-electron chi connectivity index (χ3n) is 2.82. The first-order valence-electron chi connectivity index (χ1n) is 4.62.